The van der Waals surface area contributed by atoms with Gasteiger partial charge in [-0.25, -0.2) is 4.98 Å². The lowest BCUT2D eigenvalue weighted by Gasteiger charge is -2.20. The van der Waals surface area contributed by atoms with Gasteiger partial charge in [0.15, 0.2) is 0 Å². The van der Waals surface area contributed by atoms with Crippen LogP contribution in [0.5, 0.6) is 5.75 Å². The highest BCUT2D eigenvalue weighted by atomic mass is 16.5. The summed E-state index contributed by atoms with van der Waals surface area (Å²) in [5.41, 5.74) is 2.30. The van der Waals surface area contributed by atoms with E-state index in [0.29, 0.717) is 19.5 Å². The highest BCUT2D eigenvalue weighted by Gasteiger charge is 2.40. The summed E-state index contributed by atoms with van der Waals surface area (Å²) in [6.07, 6.45) is 0.658. The predicted octanol–water partition coefficient (Wildman–Crippen LogP) is 3.33. The number of benzene rings is 2. The number of methoxy groups -OCH3 is 1. The van der Waals surface area contributed by atoms with E-state index in [1.54, 1.807) is 7.11 Å². The minimum atomic E-state index is -0.728. The number of aliphatic carboxylic acids is 1. The van der Waals surface area contributed by atoms with Gasteiger partial charge in [-0.15, -0.1) is 0 Å². The lowest BCUT2D eigenvalue weighted by atomic mass is 9.90. The van der Waals surface area contributed by atoms with Gasteiger partial charge >= 0.3 is 5.97 Å². The smallest absolute Gasteiger partial charge is 0.310 e. The van der Waals surface area contributed by atoms with E-state index in [9.17, 15) is 9.90 Å². The van der Waals surface area contributed by atoms with Gasteiger partial charge in [-0.1, -0.05) is 12.1 Å². The number of nitrogens with zero attached hydrogens (tertiary/aromatic N) is 3. The Hall–Kier alpha value is -2.86. The van der Waals surface area contributed by atoms with E-state index in [-0.39, 0.29) is 0 Å². The van der Waals surface area contributed by atoms with E-state index in [2.05, 4.69) is 15.5 Å². The van der Waals surface area contributed by atoms with Gasteiger partial charge in [-0.05, 0) is 56.3 Å². The second-order valence-corrected chi connectivity index (χ2v) is 7.38. The number of carboxylic acids is 1. The molecule has 1 aliphatic rings. The van der Waals surface area contributed by atoms with Crippen molar-refractivity contribution in [1.82, 2.24) is 14.5 Å². The summed E-state index contributed by atoms with van der Waals surface area (Å²) in [6.45, 7) is 3.73. The maximum Gasteiger partial charge on any atom is 0.310 e. The van der Waals surface area contributed by atoms with E-state index in [4.69, 9.17) is 9.72 Å². The van der Waals surface area contributed by atoms with Crippen LogP contribution in [0.4, 0.5) is 0 Å². The van der Waals surface area contributed by atoms with Crippen molar-refractivity contribution in [1.29, 1.82) is 0 Å². The molecule has 0 amide bonds. The van der Waals surface area contributed by atoms with Gasteiger partial charge in [0.2, 0.25) is 0 Å². The molecule has 6 heteroatoms. The zero-order valence-corrected chi connectivity index (χ0v) is 15.6. The quantitative estimate of drug-likeness (QED) is 0.751. The van der Waals surface area contributed by atoms with Gasteiger partial charge in [0.1, 0.15) is 11.6 Å². The number of carbonyl (C=O) groups is 1. The molecule has 4 rings (SSSR count). The first-order chi connectivity index (χ1) is 13.0. The molecular weight excluding hydrogens is 342 g/mol. The zero-order valence-electron chi connectivity index (χ0n) is 15.6. The Balaban J connectivity index is 1.71. The second kappa shape index (κ2) is 6.70. The van der Waals surface area contributed by atoms with Crippen LogP contribution in [-0.4, -0.2) is 45.7 Å². The van der Waals surface area contributed by atoms with E-state index in [0.717, 1.165) is 34.8 Å². The first kappa shape index (κ1) is 17.5. The summed E-state index contributed by atoms with van der Waals surface area (Å²) in [7, 11) is 1.65. The summed E-state index contributed by atoms with van der Waals surface area (Å²) in [6, 6.07) is 16.0. The SMILES string of the molecule is COc1ccc(-n2c(CN3CCC(C)(C(=O)O)C3)nc3ccccc32)cc1. The summed E-state index contributed by atoms with van der Waals surface area (Å²) < 4.78 is 7.41. The van der Waals surface area contributed by atoms with Gasteiger partial charge < -0.3 is 9.84 Å². The highest BCUT2D eigenvalue weighted by molar-refractivity contribution is 5.78. The van der Waals surface area contributed by atoms with Crippen molar-refractivity contribution in [3.8, 4) is 11.4 Å². The predicted molar refractivity (Wildman–Crippen MR) is 103 cm³/mol. The van der Waals surface area contributed by atoms with Crippen molar-refractivity contribution in [2.24, 2.45) is 5.41 Å². The molecular formula is C21H23N3O3. The first-order valence-corrected chi connectivity index (χ1v) is 9.07. The Kier molecular flexibility index (Phi) is 4.36. The van der Waals surface area contributed by atoms with Crippen molar-refractivity contribution in [3.63, 3.8) is 0 Å². The number of aromatic nitrogens is 2. The van der Waals surface area contributed by atoms with Crippen molar-refractivity contribution in [3.05, 3.63) is 54.4 Å². The third-order valence-corrected chi connectivity index (χ3v) is 5.39. The molecule has 1 N–H and O–H groups in total. The number of fused-ring (bicyclic) bond motifs is 1. The van der Waals surface area contributed by atoms with E-state index >= 15 is 0 Å². The first-order valence-electron chi connectivity index (χ1n) is 9.07. The van der Waals surface area contributed by atoms with Crippen molar-refractivity contribution in [2.45, 2.75) is 19.9 Å². The second-order valence-electron chi connectivity index (χ2n) is 7.38. The molecule has 1 saturated heterocycles. The van der Waals surface area contributed by atoms with Gasteiger partial charge in [0, 0.05) is 12.2 Å². The van der Waals surface area contributed by atoms with E-state index < -0.39 is 11.4 Å². The monoisotopic (exact) mass is 365 g/mol. The summed E-state index contributed by atoms with van der Waals surface area (Å²) in [5, 5.41) is 9.49. The van der Waals surface area contributed by atoms with Crippen LogP contribution in [0.15, 0.2) is 48.5 Å². The fraction of sp³-hybridized carbons (Fsp3) is 0.333. The molecule has 1 atom stereocenters. The fourth-order valence-corrected chi connectivity index (χ4v) is 3.77. The number of ether oxygens (including phenoxy) is 1. The molecule has 2 heterocycles. The molecule has 1 unspecified atom stereocenters. The molecule has 1 aromatic heterocycles. The lowest BCUT2D eigenvalue weighted by Crippen LogP contribution is -2.32. The molecule has 0 saturated carbocycles. The van der Waals surface area contributed by atoms with Gasteiger partial charge in [-0.2, -0.15) is 0 Å². The molecule has 0 radical (unpaired) electrons. The third-order valence-electron chi connectivity index (χ3n) is 5.39. The van der Waals surface area contributed by atoms with Crippen LogP contribution in [0.1, 0.15) is 19.2 Å². The maximum absolute atomic E-state index is 11.6. The van der Waals surface area contributed by atoms with Crippen molar-refractivity contribution >= 4 is 17.0 Å². The molecule has 3 aromatic rings. The molecule has 0 spiro atoms. The number of hydrogen-bond donors (Lipinski definition) is 1. The Morgan fingerprint density at radius 1 is 1.22 bits per heavy atom. The average molecular weight is 365 g/mol. The number of carboxylic acid groups (broad SMARTS) is 1. The summed E-state index contributed by atoms with van der Waals surface area (Å²) in [5.74, 6) is 0.992. The number of hydrogen-bond acceptors (Lipinski definition) is 4. The number of para-hydroxylation sites is 2. The molecule has 0 aliphatic carbocycles. The van der Waals surface area contributed by atoms with Crippen LogP contribution in [0.25, 0.3) is 16.7 Å². The van der Waals surface area contributed by atoms with Gasteiger partial charge in [-0.3, -0.25) is 14.3 Å². The third kappa shape index (κ3) is 3.17. The highest BCUT2D eigenvalue weighted by Crippen LogP contribution is 2.32. The molecule has 2 aromatic carbocycles. The summed E-state index contributed by atoms with van der Waals surface area (Å²) >= 11 is 0. The standard InChI is InChI=1S/C21H23N3O3/c1-21(20(25)26)11-12-23(14-21)13-19-22-17-5-3-4-6-18(17)24(19)15-7-9-16(27-2)10-8-15/h3-10H,11-14H2,1-2H3,(H,25,26). The minimum absolute atomic E-state index is 0.536. The summed E-state index contributed by atoms with van der Waals surface area (Å²) in [4.78, 5) is 18.6. The Morgan fingerprint density at radius 3 is 2.63 bits per heavy atom. The minimum Gasteiger partial charge on any atom is -0.497 e. The van der Waals surface area contributed by atoms with Crippen LogP contribution in [0.3, 0.4) is 0 Å². The molecule has 27 heavy (non-hydrogen) atoms. The number of imidazole rings is 1. The van der Waals surface area contributed by atoms with E-state index in [1.807, 2.05) is 49.4 Å². The van der Waals surface area contributed by atoms with Crippen molar-refractivity contribution in [2.75, 3.05) is 20.2 Å². The largest absolute Gasteiger partial charge is 0.497 e. The molecule has 6 nitrogen and oxygen atoms in total. The zero-order chi connectivity index (χ0) is 19.0. The van der Waals surface area contributed by atoms with Crippen LogP contribution in [-0.2, 0) is 11.3 Å². The van der Waals surface area contributed by atoms with Crippen LogP contribution in [0, 0.1) is 5.41 Å². The Labute approximate surface area is 158 Å². The average Bonchev–Trinajstić information content (AvgIpc) is 3.23. The molecule has 1 aliphatic heterocycles. The molecule has 140 valence electrons. The topological polar surface area (TPSA) is 67.6 Å². The normalized spacial score (nSPS) is 20.2. The maximum atomic E-state index is 11.6. The van der Waals surface area contributed by atoms with Gasteiger partial charge in [0.25, 0.3) is 0 Å². The van der Waals surface area contributed by atoms with E-state index in [1.165, 1.54) is 0 Å². The van der Waals surface area contributed by atoms with Gasteiger partial charge in [0.05, 0.1) is 30.1 Å². The number of likely N-dealkylation sites (tertiary alicyclic amines) is 1. The van der Waals surface area contributed by atoms with Crippen LogP contribution < -0.4 is 4.74 Å². The molecule has 1 fully saturated rings. The fourth-order valence-electron chi connectivity index (χ4n) is 3.77. The van der Waals surface area contributed by atoms with Crippen LogP contribution >= 0.6 is 0 Å². The van der Waals surface area contributed by atoms with Crippen molar-refractivity contribution < 1.29 is 14.6 Å². The number of rotatable bonds is 5. The Morgan fingerprint density at radius 2 is 1.96 bits per heavy atom. The lowest BCUT2D eigenvalue weighted by molar-refractivity contribution is -0.147. The Bertz CT molecular complexity index is 980. The van der Waals surface area contributed by atoms with Crippen LogP contribution in [0.2, 0.25) is 0 Å². The molecule has 0 bridgehead atoms.